The van der Waals surface area contributed by atoms with Gasteiger partial charge in [-0.3, -0.25) is 25.8 Å². The van der Waals surface area contributed by atoms with E-state index in [9.17, 15) is 9.59 Å². The first-order valence-corrected chi connectivity index (χ1v) is 8.31. The Morgan fingerprint density at radius 3 is 2.26 bits per heavy atom. The number of ether oxygens (including phenoxy) is 2. The molecule has 0 heterocycles. The van der Waals surface area contributed by atoms with E-state index in [2.05, 4.69) is 16.2 Å². The molecular weight excluding hydrogens is 366 g/mol. The molecule has 0 bridgehead atoms. The Labute approximate surface area is 162 Å². The second kappa shape index (κ2) is 9.93. The molecule has 0 aromatic heterocycles. The van der Waals surface area contributed by atoms with Crippen molar-refractivity contribution in [1.82, 2.24) is 16.2 Å². The van der Waals surface area contributed by atoms with Gasteiger partial charge in [-0.15, -0.1) is 0 Å². The molecule has 2 aromatic carbocycles. The van der Waals surface area contributed by atoms with E-state index < -0.39 is 11.8 Å². The molecule has 0 unspecified atom stereocenters. The minimum Gasteiger partial charge on any atom is -0.496 e. The van der Waals surface area contributed by atoms with Crippen LogP contribution in [0.5, 0.6) is 11.5 Å². The van der Waals surface area contributed by atoms with Gasteiger partial charge in [0.25, 0.3) is 5.91 Å². The third-order valence-corrected chi connectivity index (χ3v) is 3.64. The van der Waals surface area contributed by atoms with Crippen molar-refractivity contribution >= 4 is 35.2 Å². The number of hydrogen-bond donors (Lipinski definition) is 3. The van der Waals surface area contributed by atoms with E-state index in [4.69, 9.17) is 21.7 Å². The summed E-state index contributed by atoms with van der Waals surface area (Å²) >= 11 is 4.99. The second-order valence-electron chi connectivity index (χ2n) is 5.17. The minimum atomic E-state index is -0.454. The molecule has 2 rings (SSSR count). The van der Waals surface area contributed by atoms with Crippen LogP contribution in [0.2, 0.25) is 0 Å². The fourth-order valence-corrected chi connectivity index (χ4v) is 2.32. The number of carbonyl (C=O) groups is 2. The molecule has 2 amide bonds. The van der Waals surface area contributed by atoms with Crippen molar-refractivity contribution in [3.8, 4) is 11.5 Å². The van der Waals surface area contributed by atoms with Gasteiger partial charge >= 0.3 is 0 Å². The maximum atomic E-state index is 12.1. The molecule has 140 valence electrons. The van der Waals surface area contributed by atoms with Crippen LogP contribution in [0.4, 0.5) is 0 Å². The van der Waals surface area contributed by atoms with E-state index >= 15 is 0 Å². The molecule has 0 spiro atoms. The molecule has 0 aliphatic rings. The number of carbonyl (C=O) groups excluding carboxylic acids is 2. The van der Waals surface area contributed by atoms with Crippen molar-refractivity contribution in [2.45, 2.75) is 0 Å². The van der Waals surface area contributed by atoms with Crippen LogP contribution in [0.1, 0.15) is 15.9 Å². The number of thiocarbonyl (C=S) groups is 1. The zero-order valence-electron chi connectivity index (χ0n) is 14.8. The number of amides is 2. The zero-order valence-corrected chi connectivity index (χ0v) is 15.6. The predicted molar refractivity (Wildman–Crippen MR) is 106 cm³/mol. The number of nitrogens with one attached hydrogen (secondary N) is 3. The number of hydrazine groups is 1. The highest BCUT2D eigenvalue weighted by Crippen LogP contribution is 2.18. The van der Waals surface area contributed by atoms with Crippen molar-refractivity contribution in [1.29, 1.82) is 0 Å². The molecule has 8 heteroatoms. The average Bonchev–Trinajstić information content (AvgIpc) is 2.70. The fraction of sp³-hybridized carbons (Fsp3) is 0.105. The molecule has 0 aliphatic heterocycles. The summed E-state index contributed by atoms with van der Waals surface area (Å²) in [5, 5.41) is 2.38. The molecule has 0 radical (unpaired) electrons. The van der Waals surface area contributed by atoms with E-state index in [0.29, 0.717) is 17.1 Å². The number of benzene rings is 2. The monoisotopic (exact) mass is 385 g/mol. The van der Waals surface area contributed by atoms with Gasteiger partial charge in [-0.25, -0.2) is 0 Å². The molecule has 0 aliphatic carbocycles. The average molecular weight is 385 g/mol. The predicted octanol–water partition coefficient (Wildman–Crippen LogP) is 2.05. The van der Waals surface area contributed by atoms with E-state index in [-0.39, 0.29) is 5.11 Å². The molecule has 2 aromatic rings. The van der Waals surface area contributed by atoms with E-state index in [0.717, 1.165) is 5.56 Å². The highest BCUT2D eigenvalue weighted by molar-refractivity contribution is 7.80. The molecule has 0 atom stereocenters. The quantitative estimate of drug-likeness (QED) is 0.415. The molecule has 0 fully saturated rings. The third kappa shape index (κ3) is 5.82. The summed E-state index contributed by atoms with van der Waals surface area (Å²) in [6.07, 6.45) is 2.91. The SMILES string of the molecule is COc1ccccc1C=CC(=O)NC(=S)NNC(=O)c1ccccc1OC. The lowest BCUT2D eigenvalue weighted by Crippen LogP contribution is -2.48. The van der Waals surface area contributed by atoms with Crippen LogP contribution in [-0.4, -0.2) is 31.1 Å². The molecule has 3 N–H and O–H groups in total. The number of hydrogen-bond acceptors (Lipinski definition) is 5. The highest BCUT2D eigenvalue weighted by atomic mass is 32.1. The van der Waals surface area contributed by atoms with Crippen molar-refractivity contribution in [2.24, 2.45) is 0 Å². The Balaban J connectivity index is 1.87. The van der Waals surface area contributed by atoms with E-state index in [1.54, 1.807) is 43.5 Å². The molecule has 0 saturated carbocycles. The Kier molecular flexibility index (Phi) is 7.33. The van der Waals surface area contributed by atoms with Crippen LogP contribution in [0, 0.1) is 0 Å². The summed E-state index contributed by atoms with van der Waals surface area (Å²) in [6.45, 7) is 0. The van der Waals surface area contributed by atoms with Gasteiger partial charge in [0.15, 0.2) is 5.11 Å². The van der Waals surface area contributed by atoms with Gasteiger partial charge < -0.3 is 9.47 Å². The maximum absolute atomic E-state index is 12.1. The highest BCUT2D eigenvalue weighted by Gasteiger charge is 2.11. The third-order valence-electron chi connectivity index (χ3n) is 3.43. The van der Waals surface area contributed by atoms with Crippen molar-refractivity contribution in [2.75, 3.05) is 14.2 Å². The molecular formula is C19H19N3O4S. The Hall–Kier alpha value is -3.39. The van der Waals surface area contributed by atoms with Crippen molar-refractivity contribution in [3.63, 3.8) is 0 Å². The molecule has 0 saturated heterocycles. The van der Waals surface area contributed by atoms with Crippen LogP contribution >= 0.6 is 12.2 Å². The second-order valence-corrected chi connectivity index (χ2v) is 5.58. The lowest BCUT2D eigenvalue weighted by molar-refractivity contribution is -0.115. The summed E-state index contributed by atoms with van der Waals surface area (Å²) in [4.78, 5) is 24.1. The Bertz CT molecular complexity index is 868. The van der Waals surface area contributed by atoms with Gasteiger partial charge in [0.1, 0.15) is 11.5 Å². The summed E-state index contributed by atoms with van der Waals surface area (Å²) in [7, 11) is 3.02. The largest absolute Gasteiger partial charge is 0.496 e. The smallest absolute Gasteiger partial charge is 0.273 e. The van der Waals surface area contributed by atoms with Crippen LogP contribution in [0.25, 0.3) is 6.08 Å². The van der Waals surface area contributed by atoms with Gasteiger partial charge in [0, 0.05) is 11.6 Å². The first-order valence-electron chi connectivity index (χ1n) is 7.90. The fourth-order valence-electron chi connectivity index (χ4n) is 2.17. The van der Waals surface area contributed by atoms with Crippen molar-refractivity contribution in [3.05, 3.63) is 65.7 Å². The van der Waals surface area contributed by atoms with E-state index in [1.807, 2.05) is 18.2 Å². The van der Waals surface area contributed by atoms with Gasteiger partial charge in [-0.1, -0.05) is 30.3 Å². The van der Waals surface area contributed by atoms with Crippen LogP contribution < -0.4 is 25.6 Å². The summed E-state index contributed by atoms with van der Waals surface area (Å²) in [6, 6.07) is 14.0. The normalized spacial score (nSPS) is 10.1. The van der Waals surface area contributed by atoms with Gasteiger partial charge in [-0.2, -0.15) is 0 Å². The summed E-state index contributed by atoms with van der Waals surface area (Å²) in [5.41, 5.74) is 5.95. The first-order chi connectivity index (χ1) is 13.0. The van der Waals surface area contributed by atoms with Crippen LogP contribution in [0.15, 0.2) is 54.6 Å². The number of methoxy groups -OCH3 is 2. The van der Waals surface area contributed by atoms with Crippen LogP contribution in [-0.2, 0) is 4.79 Å². The van der Waals surface area contributed by atoms with Crippen molar-refractivity contribution < 1.29 is 19.1 Å². The number of para-hydroxylation sites is 2. The summed E-state index contributed by atoms with van der Waals surface area (Å²) in [5.74, 6) is 0.163. The van der Waals surface area contributed by atoms with Gasteiger partial charge in [-0.05, 0) is 36.5 Å². The molecule has 7 nitrogen and oxygen atoms in total. The summed E-state index contributed by atoms with van der Waals surface area (Å²) < 4.78 is 10.3. The number of rotatable bonds is 5. The topological polar surface area (TPSA) is 88.7 Å². The van der Waals surface area contributed by atoms with E-state index in [1.165, 1.54) is 13.2 Å². The minimum absolute atomic E-state index is 0.0482. The van der Waals surface area contributed by atoms with Crippen LogP contribution in [0.3, 0.4) is 0 Å². The van der Waals surface area contributed by atoms with Gasteiger partial charge in [0.05, 0.1) is 19.8 Å². The zero-order chi connectivity index (χ0) is 19.6. The van der Waals surface area contributed by atoms with Gasteiger partial charge in [0.2, 0.25) is 5.91 Å². The first kappa shape index (κ1) is 19.9. The Morgan fingerprint density at radius 1 is 0.926 bits per heavy atom. The standard InChI is InChI=1S/C19H19N3O4S/c1-25-15-9-5-3-7-13(15)11-12-17(23)20-19(27)22-21-18(24)14-8-4-6-10-16(14)26-2/h3-12H,1-2H3,(H,21,24)(H2,20,22,23,27). The lowest BCUT2D eigenvalue weighted by Gasteiger charge is -2.11. The maximum Gasteiger partial charge on any atom is 0.273 e. The Morgan fingerprint density at radius 2 is 1.56 bits per heavy atom. The lowest BCUT2D eigenvalue weighted by atomic mass is 10.2. The molecule has 27 heavy (non-hydrogen) atoms.